The number of primary amides is 1. The van der Waals surface area contributed by atoms with Gasteiger partial charge in [-0.25, -0.2) is 0 Å². The maximum Gasteiger partial charge on any atom is 0.417 e. The molecule has 0 saturated heterocycles. The first-order valence-corrected chi connectivity index (χ1v) is 5.49. The van der Waals surface area contributed by atoms with E-state index in [1.807, 2.05) is 0 Å². The van der Waals surface area contributed by atoms with Crippen LogP contribution in [-0.2, 0) is 11.0 Å². The molecule has 17 heavy (non-hydrogen) atoms. The van der Waals surface area contributed by atoms with Crippen LogP contribution in [0.3, 0.4) is 0 Å². The Morgan fingerprint density at radius 3 is 2.59 bits per heavy atom. The monoisotopic (exact) mass is 310 g/mol. The van der Waals surface area contributed by atoms with Crippen molar-refractivity contribution in [3.05, 3.63) is 28.2 Å². The Balaban J connectivity index is 2.79. The van der Waals surface area contributed by atoms with Gasteiger partial charge in [0.2, 0.25) is 5.91 Å². The first-order valence-electron chi connectivity index (χ1n) is 4.69. The second-order valence-corrected chi connectivity index (χ2v) is 4.19. The fraction of sp³-hybridized carbons (Fsp3) is 0.300. The number of carbonyl (C=O) groups excluding carboxylic acids is 1. The average molecular weight is 311 g/mol. The van der Waals surface area contributed by atoms with Crippen LogP contribution in [0.2, 0.25) is 0 Å². The van der Waals surface area contributed by atoms with E-state index in [2.05, 4.69) is 21.2 Å². The minimum Gasteiger partial charge on any atom is -0.385 e. The zero-order valence-electron chi connectivity index (χ0n) is 8.64. The van der Waals surface area contributed by atoms with Crippen molar-refractivity contribution >= 4 is 27.5 Å². The van der Waals surface area contributed by atoms with E-state index in [0.29, 0.717) is 5.69 Å². The molecular formula is C10H10BrF3N2O. The summed E-state index contributed by atoms with van der Waals surface area (Å²) in [5, 5.41) is 2.69. The normalized spacial score (nSPS) is 11.3. The minimum atomic E-state index is -4.42. The SMILES string of the molecule is NC(=O)CCNc1ccc(Br)c(C(F)(F)F)c1. The quantitative estimate of drug-likeness (QED) is 0.898. The number of anilines is 1. The molecule has 94 valence electrons. The lowest BCUT2D eigenvalue weighted by Crippen LogP contribution is -2.16. The van der Waals surface area contributed by atoms with Gasteiger partial charge in [-0.15, -0.1) is 0 Å². The van der Waals surface area contributed by atoms with Crippen LogP contribution in [-0.4, -0.2) is 12.5 Å². The highest BCUT2D eigenvalue weighted by Crippen LogP contribution is 2.36. The largest absolute Gasteiger partial charge is 0.417 e. The summed E-state index contributed by atoms with van der Waals surface area (Å²) in [6.07, 6.45) is -4.35. The highest BCUT2D eigenvalue weighted by atomic mass is 79.9. The Kier molecular flexibility index (Phi) is 4.39. The number of halogens is 4. The molecule has 7 heteroatoms. The molecule has 0 aliphatic heterocycles. The molecular weight excluding hydrogens is 301 g/mol. The Morgan fingerprint density at radius 2 is 2.06 bits per heavy atom. The van der Waals surface area contributed by atoms with Gasteiger partial charge >= 0.3 is 6.18 Å². The summed E-state index contributed by atoms with van der Waals surface area (Å²) in [4.78, 5) is 10.5. The smallest absolute Gasteiger partial charge is 0.385 e. The van der Waals surface area contributed by atoms with Gasteiger partial charge in [0.05, 0.1) is 5.56 Å². The van der Waals surface area contributed by atoms with E-state index < -0.39 is 17.6 Å². The molecule has 0 heterocycles. The zero-order valence-corrected chi connectivity index (χ0v) is 10.2. The number of amides is 1. The van der Waals surface area contributed by atoms with Crippen LogP contribution in [0.15, 0.2) is 22.7 Å². The van der Waals surface area contributed by atoms with Crippen LogP contribution in [0.4, 0.5) is 18.9 Å². The molecule has 0 atom stereocenters. The van der Waals surface area contributed by atoms with Gasteiger partial charge in [0.25, 0.3) is 0 Å². The van der Waals surface area contributed by atoms with Gasteiger partial charge in [0, 0.05) is 23.1 Å². The third kappa shape index (κ3) is 4.26. The molecule has 0 aliphatic carbocycles. The van der Waals surface area contributed by atoms with Crippen molar-refractivity contribution in [3.8, 4) is 0 Å². The highest BCUT2D eigenvalue weighted by molar-refractivity contribution is 9.10. The van der Waals surface area contributed by atoms with E-state index >= 15 is 0 Å². The molecule has 1 aromatic rings. The van der Waals surface area contributed by atoms with Crippen LogP contribution in [0.1, 0.15) is 12.0 Å². The molecule has 0 saturated carbocycles. The summed E-state index contributed by atoms with van der Waals surface area (Å²) in [5.41, 5.74) is 4.44. The Bertz CT molecular complexity index is 421. The average Bonchev–Trinajstić information content (AvgIpc) is 2.18. The van der Waals surface area contributed by atoms with Crippen LogP contribution < -0.4 is 11.1 Å². The molecule has 0 bridgehead atoms. The highest BCUT2D eigenvalue weighted by Gasteiger charge is 2.33. The summed E-state index contributed by atoms with van der Waals surface area (Å²) in [5.74, 6) is -0.509. The number of carbonyl (C=O) groups is 1. The fourth-order valence-electron chi connectivity index (χ4n) is 1.18. The molecule has 3 N–H and O–H groups in total. The number of alkyl halides is 3. The lowest BCUT2D eigenvalue weighted by atomic mass is 10.2. The number of hydrogen-bond acceptors (Lipinski definition) is 2. The van der Waals surface area contributed by atoms with E-state index in [4.69, 9.17) is 5.73 Å². The van der Waals surface area contributed by atoms with Crippen molar-refractivity contribution in [1.29, 1.82) is 0 Å². The molecule has 0 aromatic heterocycles. The molecule has 0 unspecified atom stereocenters. The number of benzene rings is 1. The maximum atomic E-state index is 12.5. The minimum absolute atomic E-state index is 0.0227. The van der Waals surface area contributed by atoms with Crippen LogP contribution >= 0.6 is 15.9 Å². The van der Waals surface area contributed by atoms with E-state index in [-0.39, 0.29) is 17.4 Å². The number of nitrogens with two attached hydrogens (primary N) is 1. The molecule has 0 spiro atoms. The second-order valence-electron chi connectivity index (χ2n) is 3.34. The number of rotatable bonds is 4. The van der Waals surface area contributed by atoms with E-state index in [9.17, 15) is 18.0 Å². The van der Waals surface area contributed by atoms with Crippen LogP contribution in [0.5, 0.6) is 0 Å². The molecule has 3 nitrogen and oxygen atoms in total. The van der Waals surface area contributed by atoms with Gasteiger partial charge in [-0.3, -0.25) is 4.79 Å². The standard InChI is InChI=1S/C10H10BrF3N2O/c11-8-2-1-6(16-4-3-9(15)17)5-7(8)10(12,13)14/h1-2,5,16H,3-4H2,(H2,15,17). The van der Waals surface area contributed by atoms with Crippen molar-refractivity contribution in [2.75, 3.05) is 11.9 Å². The lowest BCUT2D eigenvalue weighted by Gasteiger charge is -2.12. The molecule has 0 radical (unpaired) electrons. The second kappa shape index (κ2) is 5.39. The third-order valence-corrected chi connectivity index (χ3v) is 2.66. The van der Waals surface area contributed by atoms with Gasteiger partial charge in [-0.2, -0.15) is 13.2 Å². The summed E-state index contributed by atoms with van der Waals surface area (Å²) < 4.78 is 37.6. The Labute approximate surface area is 104 Å². The van der Waals surface area contributed by atoms with Gasteiger partial charge in [0.15, 0.2) is 0 Å². The predicted molar refractivity (Wildman–Crippen MR) is 61.4 cm³/mol. The van der Waals surface area contributed by atoms with Crippen molar-refractivity contribution in [1.82, 2.24) is 0 Å². The summed E-state index contributed by atoms with van der Waals surface area (Å²) >= 11 is 2.84. The predicted octanol–water partition coefficient (Wildman–Crippen LogP) is 2.76. The molecule has 1 rings (SSSR count). The summed E-state index contributed by atoms with van der Waals surface area (Å²) in [7, 11) is 0. The van der Waals surface area contributed by atoms with Gasteiger partial charge in [-0.05, 0) is 18.2 Å². The molecule has 0 aliphatic rings. The topological polar surface area (TPSA) is 55.1 Å². The van der Waals surface area contributed by atoms with Gasteiger partial charge < -0.3 is 11.1 Å². The molecule has 0 fully saturated rings. The van der Waals surface area contributed by atoms with Crippen molar-refractivity contribution in [2.45, 2.75) is 12.6 Å². The van der Waals surface area contributed by atoms with Gasteiger partial charge in [0.1, 0.15) is 0 Å². The first-order chi connectivity index (χ1) is 7.80. The van der Waals surface area contributed by atoms with E-state index in [1.165, 1.54) is 12.1 Å². The van der Waals surface area contributed by atoms with Crippen LogP contribution in [0.25, 0.3) is 0 Å². The van der Waals surface area contributed by atoms with Crippen molar-refractivity contribution in [3.63, 3.8) is 0 Å². The fourth-order valence-corrected chi connectivity index (χ4v) is 1.65. The first kappa shape index (κ1) is 13.8. The lowest BCUT2D eigenvalue weighted by molar-refractivity contribution is -0.138. The Hall–Kier alpha value is -1.24. The Morgan fingerprint density at radius 1 is 1.41 bits per heavy atom. The molecule has 1 amide bonds. The van der Waals surface area contributed by atoms with Crippen LogP contribution in [0, 0.1) is 0 Å². The molecule has 1 aromatic carbocycles. The van der Waals surface area contributed by atoms with E-state index in [0.717, 1.165) is 6.07 Å². The van der Waals surface area contributed by atoms with Crippen molar-refractivity contribution in [2.24, 2.45) is 5.73 Å². The van der Waals surface area contributed by atoms with Gasteiger partial charge in [-0.1, -0.05) is 15.9 Å². The zero-order chi connectivity index (χ0) is 13.1. The van der Waals surface area contributed by atoms with Crippen molar-refractivity contribution < 1.29 is 18.0 Å². The maximum absolute atomic E-state index is 12.5. The summed E-state index contributed by atoms with van der Waals surface area (Å²) in [6.45, 7) is 0.203. The number of hydrogen-bond donors (Lipinski definition) is 2. The third-order valence-electron chi connectivity index (χ3n) is 1.97. The van der Waals surface area contributed by atoms with E-state index in [1.54, 1.807) is 0 Å². The summed E-state index contributed by atoms with van der Waals surface area (Å²) in [6, 6.07) is 3.76. The number of nitrogens with one attached hydrogen (secondary N) is 1.